The number of aryl methyl sites for hydroxylation is 3. The van der Waals surface area contributed by atoms with Crippen LogP contribution in [0.15, 0.2) is 243 Å². The molecule has 2 aliphatic rings. The van der Waals surface area contributed by atoms with Crippen molar-refractivity contribution in [3.8, 4) is 33.4 Å². The van der Waals surface area contributed by atoms with E-state index in [1.807, 2.05) is 0 Å². The molecule has 0 fully saturated rings. The van der Waals surface area contributed by atoms with Crippen LogP contribution in [0.1, 0.15) is 82.0 Å². The van der Waals surface area contributed by atoms with E-state index in [0.717, 1.165) is 36.3 Å². The van der Waals surface area contributed by atoms with Crippen LogP contribution in [-0.4, -0.2) is 0 Å². The van der Waals surface area contributed by atoms with E-state index in [2.05, 4.69) is 268 Å². The number of fused-ring (bicyclic) bond motifs is 6. The zero-order valence-electron chi connectivity index (χ0n) is 39.7. The van der Waals surface area contributed by atoms with Gasteiger partial charge < -0.3 is 4.90 Å². The number of rotatable bonds is 11. The van der Waals surface area contributed by atoms with Crippen molar-refractivity contribution < 1.29 is 0 Å². The molecule has 1 heteroatoms. The molecule has 0 amide bonds. The maximum Gasteiger partial charge on any atom is 0.0714 e. The summed E-state index contributed by atoms with van der Waals surface area (Å²) in [4.78, 5) is 2.50. The third-order valence-electron chi connectivity index (χ3n) is 15.4. The molecule has 0 saturated heterocycles. The van der Waals surface area contributed by atoms with Gasteiger partial charge in [0.15, 0.2) is 0 Å². The lowest BCUT2D eigenvalue weighted by atomic mass is 9.67. The lowest BCUT2D eigenvalue weighted by Crippen LogP contribution is -2.29. The standard InChI is InChI=1S/C68H55N/c1-4-47-25-31-50(32-26-47)51-33-39-56(40-34-51)69(57-41-43-61-59-21-13-15-23-63(59)67(65(61)45-57,52-17-9-7-10-18-52)54-35-27-48(5-2)28-36-54)58-42-44-62-60-22-14-16-24-64(60)68(66(62)46-58,53-19-11-8-12-20-53)55-37-29-49(6-3)30-38-55/h7-46H,4-6H2,1-3H3. The van der Waals surface area contributed by atoms with Gasteiger partial charge in [-0.2, -0.15) is 0 Å². The maximum atomic E-state index is 2.50. The van der Waals surface area contributed by atoms with Gasteiger partial charge in [-0.3, -0.25) is 0 Å². The first-order valence-electron chi connectivity index (χ1n) is 24.8. The van der Waals surface area contributed by atoms with Gasteiger partial charge in [-0.1, -0.05) is 227 Å². The average Bonchev–Trinajstić information content (AvgIpc) is 3.89. The molecule has 2 aliphatic carbocycles. The number of hydrogen-bond acceptors (Lipinski definition) is 1. The Morgan fingerprint density at radius 2 is 0.594 bits per heavy atom. The summed E-state index contributed by atoms with van der Waals surface area (Å²) >= 11 is 0. The summed E-state index contributed by atoms with van der Waals surface area (Å²) in [7, 11) is 0. The number of nitrogens with zero attached hydrogens (tertiary/aromatic N) is 1. The first-order chi connectivity index (χ1) is 34.1. The molecular weight excluding hydrogens is 831 g/mol. The molecule has 0 aliphatic heterocycles. The summed E-state index contributed by atoms with van der Waals surface area (Å²) in [5.74, 6) is 0. The van der Waals surface area contributed by atoms with Gasteiger partial charge >= 0.3 is 0 Å². The van der Waals surface area contributed by atoms with E-state index in [4.69, 9.17) is 0 Å². The SMILES string of the molecule is CCc1ccc(-c2ccc(N(c3ccc4c(c3)C(c3ccccc3)(c3ccc(CC)cc3)c3ccccc3-4)c3ccc4c(c3)C(c3ccccc3)(c3ccc(CC)cc3)c3ccccc3-4)cc2)cc1. The first-order valence-corrected chi connectivity index (χ1v) is 24.8. The largest absolute Gasteiger partial charge is 0.310 e. The minimum absolute atomic E-state index is 0.539. The zero-order valence-corrected chi connectivity index (χ0v) is 39.7. The highest BCUT2D eigenvalue weighted by Crippen LogP contribution is 2.59. The van der Waals surface area contributed by atoms with Crippen LogP contribution in [0.25, 0.3) is 33.4 Å². The highest BCUT2D eigenvalue weighted by molar-refractivity contribution is 5.92. The Labute approximate surface area is 408 Å². The van der Waals surface area contributed by atoms with Gasteiger partial charge in [-0.15, -0.1) is 0 Å². The van der Waals surface area contributed by atoms with E-state index in [-0.39, 0.29) is 0 Å². The molecule has 0 N–H and O–H groups in total. The summed E-state index contributed by atoms with van der Waals surface area (Å²) in [5.41, 5.74) is 24.1. The van der Waals surface area contributed by atoms with Crippen LogP contribution in [-0.2, 0) is 30.1 Å². The van der Waals surface area contributed by atoms with Crippen molar-refractivity contribution in [2.24, 2.45) is 0 Å². The van der Waals surface area contributed by atoms with Gasteiger partial charge in [0.05, 0.1) is 10.8 Å². The topological polar surface area (TPSA) is 3.24 Å². The van der Waals surface area contributed by atoms with Gasteiger partial charge in [-0.25, -0.2) is 0 Å². The Bertz CT molecular complexity index is 3270. The fourth-order valence-corrected chi connectivity index (χ4v) is 11.9. The fourth-order valence-electron chi connectivity index (χ4n) is 11.9. The molecule has 2 atom stereocenters. The van der Waals surface area contributed by atoms with E-state index in [1.54, 1.807) is 0 Å². The molecule has 2 unspecified atom stereocenters. The monoisotopic (exact) mass is 885 g/mol. The van der Waals surface area contributed by atoms with Crippen molar-refractivity contribution in [1.82, 2.24) is 0 Å². The van der Waals surface area contributed by atoms with E-state index in [9.17, 15) is 0 Å². The predicted molar refractivity (Wildman–Crippen MR) is 289 cm³/mol. The van der Waals surface area contributed by atoms with Crippen molar-refractivity contribution in [3.63, 3.8) is 0 Å². The number of anilines is 3. The third-order valence-corrected chi connectivity index (χ3v) is 15.4. The average molecular weight is 886 g/mol. The molecule has 0 spiro atoms. The molecule has 0 bridgehead atoms. The second-order valence-corrected chi connectivity index (χ2v) is 18.8. The predicted octanol–water partition coefficient (Wildman–Crippen LogP) is 17.2. The smallest absolute Gasteiger partial charge is 0.0714 e. The highest BCUT2D eigenvalue weighted by atomic mass is 15.1. The molecule has 12 rings (SSSR count). The van der Waals surface area contributed by atoms with Crippen LogP contribution in [0.4, 0.5) is 17.1 Å². The quantitative estimate of drug-likeness (QED) is 0.125. The van der Waals surface area contributed by atoms with Gasteiger partial charge in [0, 0.05) is 17.1 Å². The van der Waals surface area contributed by atoms with Crippen molar-refractivity contribution >= 4 is 17.1 Å². The van der Waals surface area contributed by atoms with Crippen LogP contribution < -0.4 is 4.90 Å². The molecule has 1 nitrogen and oxygen atoms in total. The van der Waals surface area contributed by atoms with Crippen molar-refractivity contribution in [2.75, 3.05) is 4.90 Å². The second kappa shape index (κ2) is 17.3. The molecule has 332 valence electrons. The maximum absolute atomic E-state index is 2.50. The second-order valence-electron chi connectivity index (χ2n) is 18.8. The molecule has 69 heavy (non-hydrogen) atoms. The van der Waals surface area contributed by atoms with Crippen molar-refractivity contribution in [1.29, 1.82) is 0 Å². The third kappa shape index (κ3) is 6.67. The minimum atomic E-state index is -0.539. The summed E-state index contributed by atoms with van der Waals surface area (Å²) in [6.07, 6.45) is 3.02. The summed E-state index contributed by atoms with van der Waals surface area (Å²) in [6, 6.07) is 92.0. The fraction of sp³-hybridized carbons (Fsp3) is 0.118. The Hall–Kier alpha value is -8.00. The first kappa shape index (κ1) is 42.4. The Kier molecular flexibility index (Phi) is 10.6. The molecule has 0 aromatic heterocycles. The van der Waals surface area contributed by atoms with E-state index in [1.165, 1.54) is 94.6 Å². The van der Waals surface area contributed by atoms with Crippen molar-refractivity contribution in [3.05, 3.63) is 304 Å². The molecule has 0 saturated carbocycles. The van der Waals surface area contributed by atoms with Crippen LogP contribution >= 0.6 is 0 Å². The molecule has 0 heterocycles. The van der Waals surface area contributed by atoms with E-state index < -0.39 is 10.8 Å². The van der Waals surface area contributed by atoms with Crippen LogP contribution in [0, 0.1) is 0 Å². The Balaban J connectivity index is 1.12. The molecule has 10 aromatic carbocycles. The highest BCUT2D eigenvalue weighted by Gasteiger charge is 2.48. The van der Waals surface area contributed by atoms with Crippen molar-refractivity contribution in [2.45, 2.75) is 50.9 Å². The van der Waals surface area contributed by atoms with Gasteiger partial charge in [0.1, 0.15) is 0 Å². The minimum Gasteiger partial charge on any atom is -0.310 e. The lowest BCUT2D eigenvalue weighted by Gasteiger charge is -2.36. The Morgan fingerprint density at radius 3 is 1.00 bits per heavy atom. The van der Waals surface area contributed by atoms with E-state index >= 15 is 0 Å². The normalized spacial score (nSPS) is 16.3. The number of benzene rings is 10. The summed E-state index contributed by atoms with van der Waals surface area (Å²) in [6.45, 7) is 6.69. The van der Waals surface area contributed by atoms with E-state index in [0.29, 0.717) is 0 Å². The van der Waals surface area contributed by atoms with Gasteiger partial charge in [0.2, 0.25) is 0 Å². The summed E-state index contributed by atoms with van der Waals surface area (Å²) in [5, 5.41) is 0. The van der Waals surface area contributed by atoms with Crippen LogP contribution in [0.3, 0.4) is 0 Å². The molecule has 10 aromatic rings. The molecular formula is C68H55N. The van der Waals surface area contributed by atoms with Crippen LogP contribution in [0.5, 0.6) is 0 Å². The zero-order chi connectivity index (χ0) is 46.5. The van der Waals surface area contributed by atoms with Gasteiger partial charge in [0.25, 0.3) is 0 Å². The lowest BCUT2D eigenvalue weighted by molar-refractivity contribution is 0.766. The van der Waals surface area contributed by atoms with Crippen LogP contribution in [0.2, 0.25) is 0 Å². The Morgan fingerprint density at radius 1 is 0.275 bits per heavy atom. The number of hydrogen-bond donors (Lipinski definition) is 0. The summed E-state index contributed by atoms with van der Waals surface area (Å²) < 4.78 is 0. The van der Waals surface area contributed by atoms with Gasteiger partial charge in [-0.05, 0) is 150 Å². The molecule has 0 radical (unpaired) electrons.